The number of ether oxygens (including phenoxy) is 1. The van der Waals surface area contributed by atoms with Crippen LogP contribution in [0.3, 0.4) is 0 Å². The number of carbonyl (C=O) groups is 2. The number of benzene rings is 2. The van der Waals surface area contributed by atoms with Crippen molar-refractivity contribution >= 4 is 27.5 Å². The molecule has 0 aromatic heterocycles. The minimum Gasteiger partial charge on any atom is -0.497 e. The number of nitrogens with one attached hydrogen (secondary N) is 1. The largest absolute Gasteiger partial charge is 0.497 e. The zero-order chi connectivity index (χ0) is 25.5. The van der Waals surface area contributed by atoms with E-state index in [-0.39, 0.29) is 12.5 Å². The molecule has 0 heterocycles. The van der Waals surface area contributed by atoms with Gasteiger partial charge < -0.3 is 15.0 Å². The summed E-state index contributed by atoms with van der Waals surface area (Å²) in [5, 5.41) is 2.78. The minimum atomic E-state index is -3.76. The van der Waals surface area contributed by atoms with Crippen molar-refractivity contribution in [2.45, 2.75) is 46.7 Å². The molecule has 0 saturated carbocycles. The van der Waals surface area contributed by atoms with Gasteiger partial charge in [0.1, 0.15) is 18.3 Å². The molecule has 0 aliphatic carbocycles. The van der Waals surface area contributed by atoms with Crippen LogP contribution in [0.2, 0.25) is 0 Å². The van der Waals surface area contributed by atoms with Gasteiger partial charge in [-0.05, 0) is 56.5 Å². The van der Waals surface area contributed by atoms with Crippen molar-refractivity contribution < 1.29 is 22.7 Å². The molecule has 34 heavy (non-hydrogen) atoms. The highest BCUT2D eigenvalue weighted by Crippen LogP contribution is 2.24. The maximum absolute atomic E-state index is 13.6. The lowest BCUT2D eigenvalue weighted by molar-refractivity contribution is -0.140. The Balaban J connectivity index is 2.45. The minimum absolute atomic E-state index is 0.156. The van der Waals surface area contributed by atoms with Crippen molar-refractivity contribution in [3.05, 3.63) is 59.2 Å². The molecule has 1 N–H and O–H groups in total. The average molecular weight is 490 g/mol. The number of sulfonamides is 1. The molecule has 2 aromatic rings. The molecule has 0 fully saturated rings. The van der Waals surface area contributed by atoms with E-state index >= 15 is 0 Å². The van der Waals surface area contributed by atoms with Crippen molar-refractivity contribution in [2.75, 3.05) is 30.8 Å². The van der Waals surface area contributed by atoms with Gasteiger partial charge in [-0.2, -0.15) is 0 Å². The fourth-order valence-electron chi connectivity index (χ4n) is 3.82. The number of hydrogen-bond acceptors (Lipinski definition) is 5. The molecule has 2 amide bonds. The average Bonchev–Trinajstić information content (AvgIpc) is 2.77. The Kier molecular flexibility index (Phi) is 9.49. The van der Waals surface area contributed by atoms with Crippen LogP contribution in [0.4, 0.5) is 5.69 Å². The summed E-state index contributed by atoms with van der Waals surface area (Å²) < 4.78 is 31.7. The topological polar surface area (TPSA) is 96.0 Å². The van der Waals surface area contributed by atoms with Crippen LogP contribution in [0.1, 0.15) is 37.0 Å². The van der Waals surface area contributed by atoms with Crippen LogP contribution in [0.25, 0.3) is 0 Å². The van der Waals surface area contributed by atoms with E-state index in [1.807, 2.05) is 52.0 Å². The molecule has 0 bridgehead atoms. The van der Waals surface area contributed by atoms with E-state index in [2.05, 4.69) is 5.32 Å². The van der Waals surface area contributed by atoms with Gasteiger partial charge in [-0.25, -0.2) is 8.42 Å². The molecule has 0 radical (unpaired) electrons. The van der Waals surface area contributed by atoms with E-state index in [1.165, 1.54) is 4.90 Å². The van der Waals surface area contributed by atoms with Crippen molar-refractivity contribution in [3.8, 4) is 5.75 Å². The van der Waals surface area contributed by atoms with E-state index in [4.69, 9.17) is 4.74 Å². The van der Waals surface area contributed by atoms with E-state index in [1.54, 1.807) is 25.3 Å². The van der Waals surface area contributed by atoms with Crippen LogP contribution in [-0.4, -0.2) is 57.6 Å². The molecule has 0 aliphatic rings. The third-order valence-corrected chi connectivity index (χ3v) is 6.68. The van der Waals surface area contributed by atoms with Crippen LogP contribution >= 0.6 is 0 Å². The predicted molar refractivity (Wildman–Crippen MR) is 134 cm³/mol. The molecular formula is C25H35N3O5S. The number of anilines is 1. The molecule has 2 rings (SSSR count). The van der Waals surface area contributed by atoms with Gasteiger partial charge in [-0.3, -0.25) is 13.9 Å². The summed E-state index contributed by atoms with van der Waals surface area (Å²) >= 11 is 0. The van der Waals surface area contributed by atoms with Gasteiger partial charge in [0.2, 0.25) is 21.8 Å². The zero-order valence-electron chi connectivity index (χ0n) is 20.8. The number of rotatable bonds is 11. The van der Waals surface area contributed by atoms with Gasteiger partial charge >= 0.3 is 0 Å². The van der Waals surface area contributed by atoms with Gasteiger partial charge in [0.15, 0.2) is 0 Å². The van der Waals surface area contributed by atoms with E-state index in [0.717, 1.165) is 27.3 Å². The maximum Gasteiger partial charge on any atom is 0.244 e. The number of nitrogens with zero attached hydrogens (tertiary/aromatic N) is 2. The molecule has 9 heteroatoms. The number of likely N-dealkylation sites (N-methyl/N-ethyl adjacent to an activating group) is 1. The van der Waals surface area contributed by atoms with Crippen molar-refractivity contribution in [2.24, 2.45) is 0 Å². The number of amides is 2. The van der Waals surface area contributed by atoms with E-state index in [0.29, 0.717) is 24.4 Å². The molecule has 0 spiro atoms. The summed E-state index contributed by atoms with van der Waals surface area (Å²) in [7, 11) is -2.19. The summed E-state index contributed by atoms with van der Waals surface area (Å²) in [4.78, 5) is 27.9. The Labute approximate surface area is 202 Å². The lowest BCUT2D eigenvalue weighted by atomic mass is 10.1. The summed E-state index contributed by atoms with van der Waals surface area (Å²) in [6.07, 6.45) is 1.46. The summed E-state index contributed by atoms with van der Waals surface area (Å²) in [5.74, 6) is -0.0564. The van der Waals surface area contributed by atoms with Gasteiger partial charge in [-0.1, -0.05) is 36.8 Å². The molecule has 1 atom stereocenters. The second kappa shape index (κ2) is 11.9. The Hall–Kier alpha value is -3.07. The first-order chi connectivity index (χ1) is 16.0. The van der Waals surface area contributed by atoms with Gasteiger partial charge in [0, 0.05) is 13.1 Å². The van der Waals surface area contributed by atoms with Crippen LogP contribution in [0, 0.1) is 13.8 Å². The number of hydrogen-bond donors (Lipinski definition) is 1. The SMILES string of the molecule is CCNC(=O)C(CC)N(Cc1ccc(OC)cc1)C(=O)CN(c1ccc(C)cc1C)S(C)(=O)=O. The molecular weight excluding hydrogens is 454 g/mol. The Morgan fingerprint density at radius 1 is 1.06 bits per heavy atom. The smallest absolute Gasteiger partial charge is 0.244 e. The van der Waals surface area contributed by atoms with Crippen LogP contribution in [-0.2, 0) is 26.2 Å². The highest BCUT2D eigenvalue weighted by molar-refractivity contribution is 7.92. The second-order valence-electron chi connectivity index (χ2n) is 8.25. The number of aryl methyl sites for hydroxylation is 2. The van der Waals surface area contributed by atoms with E-state index in [9.17, 15) is 18.0 Å². The quantitative estimate of drug-likeness (QED) is 0.523. The second-order valence-corrected chi connectivity index (χ2v) is 10.2. The third kappa shape index (κ3) is 6.96. The Bertz CT molecular complexity index is 1100. The highest BCUT2D eigenvalue weighted by atomic mass is 32.2. The fraction of sp³-hybridized carbons (Fsp3) is 0.440. The number of carbonyl (C=O) groups excluding carboxylic acids is 2. The third-order valence-electron chi connectivity index (χ3n) is 5.55. The van der Waals surface area contributed by atoms with Crippen LogP contribution < -0.4 is 14.4 Å². The first-order valence-corrected chi connectivity index (χ1v) is 13.1. The summed E-state index contributed by atoms with van der Waals surface area (Å²) in [5.41, 5.74) is 2.98. The molecule has 2 aromatic carbocycles. The maximum atomic E-state index is 13.6. The first-order valence-electron chi connectivity index (χ1n) is 11.3. The van der Waals surface area contributed by atoms with Crippen molar-refractivity contribution in [1.82, 2.24) is 10.2 Å². The summed E-state index contributed by atoms with van der Waals surface area (Å²) in [6.45, 7) is 7.54. The monoisotopic (exact) mass is 489 g/mol. The molecule has 8 nitrogen and oxygen atoms in total. The fourth-order valence-corrected chi connectivity index (χ4v) is 4.73. The van der Waals surface area contributed by atoms with E-state index < -0.39 is 28.5 Å². The van der Waals surface area contributed by atoms with Gasteiger partial charge in [0.25, 0.3) is 0 Å². The molecule has 186 valence electrons. The standard InChI is InChI=1S/C25H35N3O5S/c1-7-22(25(30)26-8-2)27(16-20-10-12-21(33-5)13-11-20)24(29)17-28(34(6,31)32)23-14-9-18(3)15-19(23)4/h9-15,22H,7-8,16-17H2,1-6H3,(H,26,30). The van der Waals surface area contributed by atoms with Crippen molar-refractivity contribution in [1.29, 1.82) is 0 Å². The van der Waals surface area contributed by atoms with Crippen molar-refractivity contribution in [3.63, 3.8) is 0 Å². The highest BCUT2D eigenvalue weighted by Gasteiger charge is 2.31. The zero-order valence-corrected chi connectivity index (χ0v) is 21.6. The lowest BCUT2D eigenvalue weighted by Gasteiger charge is -2.33. The number of methoxy groups -OCH3 is 1. The molecule has 1 unspecified atom stereocenters. The normalized spacial score (nSPS) is 12.1. The van der Waals surface area contributed by atoms with Gasteiger partial charge in [0.05, 0.1) is 19.1 Å². The summed E-state index contributed by atoms with van der Waals surface area (Å²) in [6, 6.07) is 11.8. The predicted octanol–water partition coefficient (Wildman–Crippen LogP) is 3.02. The molecule has 0 aliphatic heterocycles. The Morgan fingerprint density at radius 3 is 2.21 bits per heavy atom. The van der Waals surface area contributed by atoms with Crippen LogP contribution in [0.15, 0.2) is 42.5 Å². The first kappa shape index (κ1) is 27.2. The molecule has 0 saturated heterocycles. The Morgan fingerprint density at radius 2 is 1.71 bits per heavy atom. The van der Waals surface area contributed by atoms with Gasteiger partial charge in [-0.15, -0.1) is 0 Å². The van der Waals surface area contributed by atoms with Crippen LogP contribution in [0.5, 0.6) is 5.75 Å². The lowest BCUT2D eigenvalue weighted by Crippen LogP contribution is -2.52.